The van der Waals surface area contributed by atoms with Crippen LogP contribution in [0.4, 0.5) is 4.39 Å². The molecule has 6 nitrogen and oxygen atoms in total. The van der Waals surface area contributed by atoms with Crippen molar-refractivity contribution in [2.75, 3.05) is 6.61 Å². The fourth-order valence-electron chi connectivity index (χ4n) is 4.82. The van der Waals surface area contributed by atoms with E-state index in [1.165, 1.54) is 4.90 Å². The molecule has 3 aliphatic rings. The number of hydrogen-bond donors (Lipinski definition) is 2. The van der Waals surface area contributed by atoms with Crippen LogP contribution >= 0.6 is 0 Å². The summed E-state index contributed by atoms with van der Waals surface area (Å²) in [4.78, 5) is 26.8. The van der Waals surface area contributed by atoms with Crippen LogP contribution in [0.5, 0.6) is 0 Å². The highest BCUT2D eigenvalue weighted by molar-refractivity contribution is 6.01. The van der Waals surface area contributed by atoms with Crippen LogP contribution in [0.15, 0.2) is 24.4 Å². The molecule has 168 valence electrons. The number of carbonyl (C=O) groups is 2. The van der Waals surface area contributed by atoms with Crippen molar-refractivity contribution in [1.29, 1.82) is 0 Å². The zero-order valence-electron chi connectivity index (χ0n) is 18.4. The predicted molar refractivity (Wildman–Crippen MR) is 116 cm³/mol. The summed E-state index contributed by atoms with van der Waals surface area (Å²) in [5.74, 6) is -0.864. The molecule has 4 atom stereocenters. The van der Waals surface area contributed by atoms with Gasteiger partial charge in [-0.1, -0.05) is 19.6 Å². The number of halogens is 1. The van der Waals surface area contributed by atoms with Gasteiger partial charge in [0.1, 0.15) is 11.9 Å². The van der Waals surface area contributed by atoms with Crippen molar-refractivity contribution in [2.24, 2.45) is 0 Å². The number of allylic oxidation sites excluding steroid dienone is 1. The van der Waals surface area contributed by atoms with Crippen molar-refractivity contribution >= 4 is 11.8 Å². The van der Waals surface area contributed by atoms with E-state index >= 15 is 4.39 Å². The molecular weight excluding hydrogens is 397 g/mol. The molecule has 2 N–H and O–H groups in total. The lowest BCUT2D eigenvalue weighted by Crippen LogP contribution is -2.49. The number of nitrogens with zero attached hydrogens (tertiary/aromatic N) is 1. The second-order valence-corrected chi connectivity index (χ2v) is 8.98. The van der Waals surface area contributed by atoms with Gasteiger partial charge in [0, 0.05) is 41.9 Å². The molecule has 2 fully saturated rings. The second-order valence-electron chi connectivity index (χ2n) is 8.98. The molecule has 0 bridgehead atoms. The molecule has 1 aromatic rings. The lowest BCUT2D eigenvalue weighted by molar-refractivity contribution is -0.126. The third-order valence-electron chi connectivity index (χ3n) is 6.81. The summed E-state index contributed by atoms with van der Waals surface area (Å²) in [6, 6.07) is 3.39. The van der Waals surface area contributed by atoms with Crippen LogP contribution in [0, 0.1) is 5.82 Å². The van der Waals surface area contributed by atoms with E-state index in [0.717, 1.165) is 19.3 Å². The van der Waals surface area contributed by atoms with Gasteiger partial charge in [0.15, 0.2) is 0 Å². The van der Waals surface area contributed by atoms with Gasteiger partial charge in [-0.2, -0.15) is 0 Å². The van der Waals surface area contributed by atoms with Crippen molar-refractivity contribution in [3.63, 3.8) is 0 Å². The Morgan fingerprint density at radius 2 is 2.16 bits per heavy atom. The number of piperidine rings is 1. The van der Waals surface area contributed by atoms with Crippen molar-refractivity contribution in [1.82, 2.24) is 15.5 Å². The Morgan fingerprint density at radius 1 is 1.35 bits per heavy atom. The first-order valence-electron chi connectivity index (χ1n) is 11.4. The highest BCUT2D eigenvalue weighted by atomic mass is 19.1. The standard InChI is InChI=1S/C24H32FN3O3/c1-4-14(2)26-19-6-5-11-31-21(19)12-16-8-9-17-18(22(16)25)13-28(24(17)30)20-10-7-15(3)27-23(20)29/h8-9,14,19-21,26H,3-7,10-13H2,1-2H3,(H,27,29)/t14-,19-,20?,21+/m0/s1. The Balaban J connectivity index is 1.51. The number of rotatable bonds is 6. The summed E-state index contributed by atoms with van der Waals surface area (Å²) in [6.07, 6.45) is 4.53. The molecule has 31 heavy (non-hydrogen) atoms. The molecule has 4 rings (SSSR count). The molecule has 2 amide bonds. The van der Waals surface area contributed by atoms with Crippen LogP contribution < -0.4 is 10.6 Å². The van der Waals surface area contributed by atoms with Gasteiger partial charge in [0.2, 0.25) is 5.91 Å². The summed E-state index contributed by atoms with van der Waals surface area (Å²) in [6.45, 7) is 8.88. The molecule has 7 heteroatoms. The maximum absolute atomic E-state index is 15.5. The number of benzene rings is 1. The van der Waals surface area contributed by atoms with Crippen LogP contribution in [0.1, 0.15) is 67.4 Å². The zero-order valence-corrected chi connectivity index (χ0v) is 18.4. The minimum atomic E-state index is -0.584. The largest absolute Gasteiger partial charge is 0.376 e. The normalized spacial score (nSPS) is 27.3. The minimum Gasteiger partial charge on any atom is -0.376 e. The first-order valence-corrected chi connectivity index (χ1v) is 11.4. The van der Waals surface area contributed by atoms with E-state index in [9.17, 15) is 9.59 Å². The van der Waals surface area contributed by atoms with Gasteiger partial charge in [-0.15, -0.1) is 0 Å². The van der Waals surface area contributed by atoms with Crippen LogP contribution in [0.2, 0.25) is 0 Å². The van der Waals surface area contributed by atoms with Gasteiger partial charge in [-0.05, 0) is 50.7 Å². The van der Waals surface area contributed by atoms with Gasteiger partial charge in [0.05, 0.1) is 12.6 Å². The van der Waals surface area contributed by atoms with Crippen molar-refractivity contribution in [3.8, 4) is 0 Å². The molecule has 1 unspecified atom stereocenters. The van der Waals surface area contributed by atoms with Gasteiger partial charge < -0.3 is 20.3 Å². The summed E-state index contributed by atoms with van der Waals surface area (Å²) in [5, 5.41) is 6.33. The van der Waals surface area contributed by atoms with E-state index in [1.54, 1.807) is 12.1 Å². The Morgan fingerprint density at radius 3 is 2.90 bits per heavy atom. The van der Waals surface area contributed by atoms with E-state index in [4.69, 9.17) is 4.74 Å². The molecular formula is C24H32FN3O3. The number of nitrogens with one attached hydrogen (secondary N) is 2. The molecule has 0 spiro atoms. The van der Waals surface area contributed by atoms with E-state index in [1.807, 2.05) is 0 Å². The van der Waals surface area contributed by atoms with Crippen molar-refractivity contribution in [3.05, 3.63) is 46.9 Å². The maximum atomic E-state index is 15.5. The lowest BCUT2D eigenvalue weighted by atomic mass is 9.93. The average molecular weight is 430 g/mol. The monoisotopic (exact) mass is 429 g/mol. The van der Waals surface area contributed by atoms with Gasteiger partial charge in [-0.3, -0.25) is 9.59 Å². The SMILES string of the molecule is C=C1CCC(N2Cc3c(ccc(C[C@H]4OCCC[C@@H]4N[C@@H](C)CC)c3F)C2=O)C(=O)N1. The van der Waals surface area contributed by atoms with Gasteiger partial charge in [-0.25, -0.2) is 4.39 Å². The summed E-state index contributed by atoms with van der Waals surface area (Å²) < 4.78 is 21.5. The molecule has 0 aromatic heterocycles. The van der Waals surface area contributed by atoms with Crippen molar-refractivity contribution in [2.45, 2.75) is 83.1 Å². The van der Waals surface area contributed by atoms with E-state index in [2.05, 4.69) is 31.1 Å². The number of carbonyl (C=O) groups excluding carboxylic acids is 2. The summed E-state index contributed by atoms with van der Waals surface area (Å²) in [7, 11) is 0. The van der Waals surface area contributed by atoms with Crippen LogP contribution in [-0.2, 0) is 22.5 Å². The first-order chi connectivity index (χ1) is 14.9. The van der Waals surface area contributed by atoms with Gasteiger partial charge in [0.25, 0.3) is 5.91 Å². The van der Waals surface area contributed by atoms with E-state index < -0.39 is 6.04 Å². The Hall–Kier alpha value is -2.25. The van der Waals surface area contributed by atoms with Crippen LogP contribution in [-0.4, -0.2) is 47.6 Å². The molecule has 0 radical (unpaired) electrons. The molecule has 2 saturated heterocycles. The van der Waals surface area contributed by atoms with Gasteiger partial charge >= 0.3 is 0 Å². The Kier molecular flexibility index (Phi) is 6.44. The number of fused-ring (bicyclic) bond motifs is 1. The summed E-state index contributed by atoms with van der Waals surface area (Å²) >= 11 is 0. The predicted octanol–water partition coefficient (Wildman–Crippen LogP) is 3.05. The molecule has 0 saturated carbocycles. The molecule has 3 aliphatic heterocycles. The Bertz CT molecular complexity index is 887. The third-order valence-corrected chi connectivity index (χ3v) is 6.81. The third kappa shape index (κ3) is 4.39. The second kappa shape index (κ2) is 9.09. The fraction of sp³-hybridized carbons (Fsp3) is 0.583. The number of amides is 2. The van der Waals surface area contributed by atoms with Crippen molar-refractivity contribution < 1.29 is 18.7 Å². The minimum absolute atomic E-state index is 0.0985. The smallest absolute Gasteiger partial charge is 0.255 e. The lowest BCUT2D eigenvalue weighted by Gasteiger charge is -2.34. The quantitative estimate of drug-likeness (QED) is 0.729. The molecule has 3 heterocycles. The number of hydrogen-bond acceptors (Lipinski definition) is 4. The van der Waals surface area contributed by atoms with Crippen LogP contribution in [0.3, 0.4) is 0 Å². The first kappa shape index (κ1) is 22.0. The average Bonchev–Trinajstić information content (AvgIpc) is 3.08. The zero-order chi connectivity index (χ0) is 22.1. The Labute approximate surface area is 183 Å². The molecule has 0 aliphatic carbocycles. The number of ether oxygens (including phenoxy) is 1. The highest BCUT2D eigenvalue weighted by Gasteiger charge is 2.40. The van der Waals surface area contributed by atoms with E-state index in [0.29, 0.717) is 54.3 Å². The topological polar surface area (TPSA) is 70.7 Å². The molecule has 1 aromatic carbocycles. The fourth-order valence-corrected chi connectivity index (χ4v) is 4.82. The van der Waals surface area contributed by atoms with Crippen LogP contribution in [0.25, 0.3) is 0 Å². The van der Waals surface area contributed by atoms with E-state index in [-0.39, 0.29) is 36.3 Å². The maximum Gasteiger partial charge on any atom is 0.255 e. The highest BCUT2D eigenvalue weighted by Crippen LogP contribution is 2.32. The summed E-state index contributed by atoms with van der Waals surface area (Å²) in [5.41, 5.74) is 1.98.